The van der Waals surface area contributed by atoms with E-state index >= 15 is 4.39 Å². The number of anilines is 1. The quantitative estimate of drug-likeness (QED) is 0.335. The van der Waals surface area contributed by atoms with Gasteiger partial charge >= 0.3 is 0 Å². The van der Waals surface area contributed by atoms with Crippen LogP contribution in [-0.4, -0.2) is 50.7 Å². The van der Waals surface area contributed by atoms with Gasteiger partial charge in [-0.05, 0) is 61.4 Å². The maximum absolute atomic E-state index is 15.0. The van der Waals surface area contributed by atoms with Gasteiger partial charge in [-0.1, -0.05) is 35.7 Å². The lowest BCUT2D eigenvalue weighted by Crippen LogP contribution is -2.49. The van der Waals surface area contributed by atoms with Gasteiger partial charge in [0.2, 0.25) is 21.9 Å². The highest BCUT2D eigenvalue weighted by atomic mass is 35.5. The van der Waals surface area contributed by atoms with Crippen LogP contribution in [-0.2, 0) is 21.2 Å². The molecule has 4 atom stereocenters. The van der Waals surface area contributed by atoms with Crippen molar-refractivity contribution in [2.24, 2.45) is 11.7 Å². The first-order chi connectivity index (χ1) is 19.4. The van der Waals surface area contributed by atoms with Crippen LogP contribution in [0.15, 0.2) is 42.5 Å². The topological polar surface area (TPSA) is 113 Å². The summed E-state index contributed by atoms with van der Waals surface area (Å²) in [5.74, 6) is -2.71. The van der Waals surface area contributed by atoms with Gasteiger partial charge in [-0.2, -0.15) is 0 Å². The number of amides is 1. The van der Waals surface area contributed by atoms with E-state index in [4.69, 9.17) is 23.8 Å². The molecule has 1 heterocycles. The van der Waals surface area contributed by atoms with Crippen molar-refractivity contribution in [1.82, 2.24) is 10.0 Å². The Morgan fingerprint density at radius 1 is 1.22 bits per heavy atom. The van der Waals surface area contributed by atoms with Crippen molar-refractivity contribution in [1.29, 1.82) is 0 Å². The van der Waals surface area contributed by atoms with Crippen LogP contribution in [0, 0.1) is 24.1 Å². The average Bonchev–Trinajstić information content (AvgIpc) is 2.96. The summed E-state index contributed by atoms with van der Waals surface area (Å²) in [6.07, 6.45) is 6.02. The highest BCUT2D eigenvalue weighted by molar-refractivity contribution is 7.89. The second-order valence-electron chi connectivity index (χ2n) is 10.8. The molecule has 3 unspecified atom stereocenters. The number of benzene rings is 2. The molecule has 0 aromatic heterocycles. The van der Waals surface area contributed by atoms with Gasteiger partial charge in [-0.25, -0.2) is 26.3 Å². The van der Waals surface area contributed by atoms with E-state index < -0.39 is 64.4 Å². The van der Waals surface area contributed by atoms with Crippen molar-refractivity contribution in [3.05, 3.63) is 64.4 Å². The Morgan fingerprint density at radius 3 is 2.59 bits per heavy atom. The van der Waals surface area contributed by atoms with Gasteiger partial charge in [-0.3, -0.25) is 4.79 Å². The van der Waals surface area contributed by atoms with Crippen LogP contribution in [0.2, 0.25) is 5.02 Å². The molecule has 1 aliphatic heterocycles. The number of nitrogens with two attached hydrogens (primary N) is 1. The minimum Gasteiger partial charge on any atom is -0.324 e. The highest BCUT2D eigenvalue weighted by Gasteiger charge is 2.51. The second-order valence-corrected chi connectivity index (χ2v) is 13.1. The molecule has 0 spiro atoms. The lowest BCUT2D eigenvalue weighted by Gasteiger charge is -2.42. The summed E-state index contributed by atoms with van der Waals surface area (Å²) in [4.78, 5) is 13.4. The number of sulfonamides is 1. The van der Waals surface area contributed by atoms with E-state index in [0.717, 1.165) is 0 Å². The van der Waals surface area contributed by atoms with Crippen LogP contribution in [0.25, 0.3) is 0 Å². The summed E-state index contributed by atoms with van der Waals surface area (Å²) < 4.78 is 70.2. The van der Waals surface area contributed by atoms with Crippen LogP contribution in [0.5, 0.6) is 0 Å². The number of nitrogens with one attached hydrogen (secondary N) is 3. The molecule has 0 bridgehead atoms. The molecule has 5 N–H and O–H groups in total. The largest absolute Gasteiger partial charge is 0.324 e. The summed E-state index contributed by atoms with van der Waals surface area (Å²) in [6, 6.07) is 8.74. The van der Waals surface area contributed by atoms with E-state index in [9.17, 15) is 22.0 Å². The summed E-state index contributed by atoms with van der Waals surface area (Å²) in [6.45, 7) is 0.254. The first kappa shape index (κ1) is 31.3. The van der Waals surface area contributed by atoms with Gasteiger partial charge < -0.3 is 16.4 Å². The van der Waals surface area contributed by atoms with Crippen LogP contribution < -0.4 is 21.1 Å². The minimum absolute atomic E-state index is 0.0655. The minimum atomic E-state index is -3.55. The third kappa shape index (κ3) is 8.23. The Kier molecular flexibility index (Phi) is 10.0. The highest BCUT2D eigenvalue weighted by Crippen LogP contribution is 2.50. The molecule has 0 radical (unpaired) electrons. The lowest BCUT2D eigenvalue weighted by atomic mass is 9.68. The molecule has 1 saturated heterocycles. The number of carbonyl (C=O) groups is 1. The fourth-order valence-corrected chi connectivity index (χ4v) is 7.07. The van der Waals surface area contributed by atoms with Gasteiger partial charge in [0.05, 0.1) is 17.8 Å². The zero-order chi connectivity index (χ0) is 29.8. The van der Waals surface area contributed by atoms with E-state index in [1.54, 1.807) is 24.3 Å². The molecule has 222 valence electrons. The first-order valence-corrected chi connectivity index (χ1v) is 15.6. The fraction of sp³-hybridized carbons (Fsp3) is 0.483. The molecular formula is C29H34ClF3N4O3S. The molecule has 1 aliphatic carbocycles. The number of rotatable bonds is 8. The molecular weight excluding hydrogens is 577 g/mol. The van der Waals surface area contributed by atoms with Crippen LogP contribution >= 0.6 is 11.6 Å². The van der Waals surface area contributed by atoms with Crippen LogP contribution in [0.3, 0.4) is 0 Å². The normalized spacial score (nSPS) is 24.0. The van der Waals surface area contributed by atoms with E-state index in [0.29, 0.717) is 23.4 Å². The van der Waals surface area contributed by atoms with Crippen molar-refractivity contribution in [3.63, 3.8) is 0 Å². The van der Waals surface area contributed by atoms with Crippen molar-refractivity contribution in [2.75, 3.05) is 17.6 Å². The van der Waals surface area contributed by atoms with Crippen LogP contribution in [0.1, 0.15) is 49.1 Å². The SMILES string of the molecule is C#CC1CCCS(=O)(=O)NC(CCc2c(F)cccc2NC(=O)[C@@H](N)C(c2ccc(Cl)cc2)C2CC(F)(F)C2)CN1. The van der Waals surface area contributed by atoms with Crippen molar-refractivity contribution in [2.45, 2.75) is 68.5 Å². The van der Waals surface area contributed by atoms with Gasteiger partial charge in [-0.15, -0.1) is 6.42 Å². The Morgan fingerprint density at radius 2 is 1.93 bits per heavy atom. The summed E-state index contributed by atoms with van der Waals surface area (Å²) in [5, 5.41) is 6.32. The number of alkyl halides is 2. The molecule has 41 heavy (non-hydrogen) atoms. The van der Waals surface area contributed by atoms with E-state index in [-0.39, 0.29) is 42.4 Å². The smallest absolute Gasteiger partial charge is 0.248 e. The number of carbonyl (C=O) groups excluding carboxylic acids is 1. The van der Waals surface area contributed by atoms with E-state index in [2.05, 4.69) is 21.3 Å². The lowest BCUT2D eigenvalue weighted by molar-refractivity contribution is -0.128. The summed E-state index contributed by atoms with van der Waals surface area (Å²) in [5.41, 5.74) is 7.35. The Hall–Kier alpha value is -2.62. The Bertz CT molecular complexity index is 1380. The summed E-state index contributed by atoms with van der Waals surface area (Å²) in [7, 11) is -3.55. The molecule has 4 rings (SSSR count). The Labute approximate surface area is 243 Å². The molecule has 2 fully saturated rings. The second kappa shape index (κ2) is 13.1. The maximum Gasteiger partial charge on any atom is 0.248 e. The van der Waals surface area contributed by atoms with E-state index in [1.807, 2.05) is 0 Å². The molecule has 2 aromatic rings. The number of halogens is 4. The van der Waals surface area contributed by atoms with Crippen molar-refractivity contribution in [3.8, 4) is 12.3 Å². The molecule has 7 nitrogen and oxygen atoms in total. The molecule has 2 aromatic carbocycles. The predicted octanol–water partition coefficient (Wildman–Crippen LogP) is 4.18. The van der Waals surface area contributed by atoms with Crippen molar-refractivity contribution < 1.29 is 26.4 Å². The maximum atomic E-state index is 15.0. The molecule has 1 amide bonds. The molecule has 2 aliphatic rings. The average molecular weight is 611 g/mol. The van der Waals surface area contributed by atoms with E-state index in [1.165, 1.54) is 18.2 Å². The third-order valence-electron chi connectivity index (χ3n) is 7.76. The van der Waals surface area contributed by atoms with Gasteiger partial charge in [0, 0.05) is 47.6 Å². The number of terminal acetylenes is 1. The molecule has 12 heteroatoms. The fourth-order valence-electron chi connectivity index (χ4n) is 5.57. The predicted molar refractivity (Wildman–Crippen MR) is 154 cm³/mol. The Balaban J connectivity index is 1.50. The standard InChI is InChI=1S/C29H34ClF3N4O3S/c1-2-21-5-4-14-41(39,40)37-22(17-35-21)12-13-23-24(31)6-3-7-25(23)36-28(38)27(34)26(19-15-29(32,33)16-19)18-8-10-20(30)11-9-18/h1,3,6-11,19,21-22,26-27,35,37H,4-5,12-17,34H2,(H,36,38)/t21?,22?,26?,27-/m0/s1. The van der Waals surface area contributed by atoms with Gasteiger partial charge in [0.1, 0.15) is 5.82 Å². The molecule has 1 saturated carbocycles. The van der Waals surface area contributed by atoms with Crippen molar-refractivity contribution >= 4 is 33.2 Å². The number of hydrogen-bond acceptors (Lipinski definition) is 5. The number of hydrogen-bond donors (Lipinski definition) is 4. The third-order valence-corrected chi connectivity index (χ3v) is 9.53. The summed E-state index contributed by atoms with van der Waals surface area (Å²) >= 11 is 6.00. The zero-order valence-corrected chi connectivity index (χ0v) is 24.0. The van der Waals surface area contributed by atoms with Crippen LogP contribution in [0.4, 0.5) is 18.9 Å². The first-order valence-electron chi connectivity index (χ1n) is 13.5. The monoisotopic (exact) mass is 610 g/mol. The van der Waals surface area contributed by atoms with Gasteiger partial charge in [0.25, 0.3) is 0 Å². The zero-order valence-electron chi connectivity index (χ0n) is 22.4. The van der Waals surface area contributed by atoms with Gasteiger partial charge in [0.15, 0.2) is 0 Å².